The van der Waals surface area contributed by atoms with Crippen LogP contribution in [-0.2, 0) is 6.42 Å². The molecule has 4 heteroatoms. The van der Waals surface area contributed by atoms with Gasteiger partial charge in [-0.15, -0.1) is 0 Å². The lowest BCUT2D eigenvalue weighted by Crippen LogP contribution is -2.42. The average molecular weight is 212 g/mol. The van der Waals surface area contributed by atoms with Crippen LogP contribution in [0.5, 0.6) is 0 Å². The Kier molecular flexibility index (Phi) is 3.50. The van der Waals surface area contributed by atoms with Crippen LogP contribution in [0.2, 0.25) is 0 Å². The molecule has 1 aromatic heterocycles. The lowest BCUT2D eigenvalue weighted by molar-refractivity contribution is 0.385. The molecule has 2 rings (SSSR count). The van der Waals surface area contributed by atoms with Crippen molar-refractivity contribution in [1.82, 2.24) is 5.43 Å². The van der Waals surface area contributed by atoms with E-state index < -0.39 is 0 Å². The van der Waals surface area contributed by atoms with Gasteiger partial charge >= 0.3 is 0 Å². The zero-order chi connectivity index (χ0) is 9.80. The van der Waals surface area contributed by atoms with Gasteiger partial charge in [-0.05, 0) is 41.9 Å². The number of nitrogens with one attached hydrogen (secondary N) is 1. The Morgan fingerprint density at radius 2 is 2.64 bits per heavy atom. The van der Waals surface area contributed by atoms with Crippen molar-refractivity contribution in [2.24, 2.45) is 11.8 Å². The summed E-state index contributed by atoms with van der Waals surface area (Å²) in [5.74, 6) is 8.79. The van der Waals surface area contributed by atoms with Crippen molar-refractivity contribution >= 4 is 11.8 Å². The van der Waals surface area contributed by atoms with E-state index in [1.54, 1.807) is 12.5 Å². The van der Waals surface area contributed by atoms with E-state index in [1.807, 2.05) is 17.8 Å². The topological polar surface area (TPSA) is 51.2 Å². The van der Waals surface area contributed by atoms with Gasteiger partial charge < -0.3 is 4.42 Å². The quantitative estimate of drug-likeness (QED) is 0.585. The fourth-order valence-corrected chi connectivity index (χ4v) is 3.23. The molecule has 1 aliphatic rings. The van der Waals surface area contributed by atoms with Crippen LogP contribution in [0.15, 0.2) is 23.0 Å². The molecule has 0 spiro atoms. The molecule has 1 aliphatic heterocycles. The second-order valence-electron chi connectivity index (χ2n) is 3.73. The van der Waals surface area contributed by atoms with Crippen LogP contribution in [-0.4, -0.2) is 17.5 Å². The minimum atomic E-state index is 0.391. The smallest absolute Gasteiger partial charge is 0.0935 e. The van der Waals surface area contributed by atoms with E-state index in [1.165, 1.54) is 23.5 Å². The highest BCUT2D eigenvalue weighted by Crippen LogP contribution is 2.27. The zero-order valence-electron chi connectivity index (χ0n) is 8.11. The van der Waals surface area contributed by atoms with Gasteiger partial charge in [-0.1, -0.05) is 0 Å². The molecule has 14 heavy (non-hydrogen) atoms. The second kappa shape index (κ2) is 4.87. The Morgan fingerprint density at radius 3 is 3.21 bits per heavy atom. The molecule has 1 fully saturated rings. The molecule has 78 valence electrons. The van der Waals surface area contributed by atoms with Crippen molar-refractivity contribution in [2.45, 2.75) is 18.9 Å². The van der Waals surface area contributed by atoms with E-state index in [0.717, 1.165) is 6.42 Å². The highest BCUT2D eigenvalue weighted by atomic mass is 32.2. The van der Waals surface area contributed by atoms with Gasteiger partial charge in [0.2, 0.25) is 0 Å². The SMILES string of the molecule is NNC(Cc1ccoc1)C1CCSC1. The van der Waals surface area contributed by atoms with Crippen LogP contribution in [0.25, 0.3) is 0 Å². The summed E-state index contributed by atoms with van der Waals surface area (Å²) < 4.78 is 5.05. The maximum Gasteiger partial charge on any atom is 0.0935 e. The lowest BCUT2D eigenvalue weighted by Gasteiger charge is -2.21. The number of hydrazine groups is 1. The molecule has 1 aromatic rings. The Morgan fingerprint density at radius 1 is 1.71 bits per heavy atom. The number of thioether (sulfide) groups is 1. The average Bonchev–Trinajstić information content (AvgIpc) is 2.86. The van der Waals surface area contributed by atoms with E-state index >= 15 is 0 Å². The molecule has 0 aliphatic carbocycles. The number of hydrogen-bond donors (Lipinski definition) is 2. The Labute approximate surface area is 88.4 Å². The third kappa shape index (κ3) is 2.32. The molecule has 3 N–H and O–H groups in total. The first-order valence-electron chi connectivity index (χ1n) is 4.95. The maximum atomic E-state index is 5.58. The minimum absolute atomic E-state index is 0.391. The van der Waals surface area contributed by atoms with E-state index in [2.05, 4.69) is 5.43 Å². The van der Waals surface area contributed by atoms with Crippen LogP contribution >= 0.6 is 11.8 Å². The van der Waals surface area contributed by atoms with Crippen molar-refractivity contribution in [3.8, 4) is 0 Å². The van der Waals surface area contributed by atoms with Crippen molar-refractivity contribution in [3.63, 3.8) is 0 Å². The molecule has 1 saturated heterocycles. The Hall–Kier alpha value is -0.450. The number of nitrogens with two attached hydrogens (primary N) is 1. The van der Waals surface area contributed by atoms with Gasteiger partial charge in [0.25, 0.3) is 0 Å². The van der Waals surface area contributed by atoms with Crippen molar-refractivity contribution in [2.75, 3.05) is 11.5 Å². The van der Waals surface area contributed by atoms with Crippen LogP contribution in [0.4, 0.5) is 0 Å². The van der Waals surface area contributed by atoms with E-state index in [0.29, 0.717) is 12.0 Å². The largest absolute Gasteiger partial charge is 0.472 e. The number of hydrogen-bond acceptors (Lipinski definition) is 4. The van der Waals surface area contributed by atoms with Gasteiger partial charge in [0.05, 0.1) is 12.5 Å². The summed E-state index contributed by atoms with van der Waals surface area (Å²) in [6.45, 7) is 0. The first kappa shape index (κ1) is 10.1. The van der Waals surface area contributed by atoms with Crippen molar-refractivity contribution in [3.05, 3.63) is 24.2 Å². The van der Waals surface area contributed by atoms with E-state index in [-0.39, 0.29) is 0 Å². The van der Waals surface area contributed by atoms with Gasteiger partial charge in [-0.25, -0.2) is 0 Å². The van der Waals surface area contributed by atoms with Gasteiger partial charge in [0, 0.05) is 6.04 Å². The summed E-state index contributed by atoms with van der Waals surface area (Å²) in [7, 11) is 0. The highest BCUT2D eigenvalue weighted by molar-refractivity contribution is 7.99. The molecule has 0 aromatic carbocycles. The van der Waals surface area contributed by atoms with Crippen LogP contribution in [0.3, 0.4) is 0 Å². The third-order valence-electron chi connectivity index (χ3n) is 2.78. The molecule has 0 saturated carbocycles. The first-order valence-corrected chi connectivity index (χ1v) is 6.10. The normalized spacial score (nSPS) is 23.9. The molecule has 0 amide bonds. The summed E-state index contributed by atoms with van der Waals surface area (Å²) in [4.78, 5) is 0. The predicted octanol–water partition coefficient (Wildman–Crippen LogP) is 1.41. The third-order valence-corrected chi connectivity index (χ3v) is 3.97. The summed E-state index contributed by atoms with van der Waals surface area (Å²) in [5, 5.41) is 0. The summed E-state index contributed by atoms with van der Waals surface area (Å²) in [6.07, 6.45) is 5.76. The van der Waals surface area contributed by atoms with Gasteiger partial charge in [-0.2, -0.15) is 11.8 Å². The van der Waals surface area contributed by atoms with Crippen molar-refractivity contribution < 1.29 is 4.42 Å². The van der Waals surface area contributed by atoms with Gasteiger partial charge in [-0.3, -0.25) is 11.3 Å². The molecule has 0 radical (unpaired) electrons. The Bertz CT molecular complexity index is 257. The van der Waals surface area contributed by atoms with Gasteiger partial charge in [0.15, 0.2) is 0 Å². The predicted molar refractivity (Wildman–Crippen MR) is 59.0 cm³/mol. The first-order chi connectivity index (χ1) is 6.90. The zero-order valence-corrected chi connectivity index (χ0v) is 8.93. The van der Waals surface area contributed by atoms with E-state index in [4.69, 9.17) is 10.3 Å². The monoisotopic (exact) mass is 212 g/mol. The van der Waals surface area contributed by atoms with Crippen LogP contribution in [0, 0.1) is 5.92 Å². The number of furan rings is 1. The molecule has 0 bridgehead atoms. The molecule has 3 nitrogen and oxygen atoms in total. The van der Waals surface area contributed by atoms with Crippen molar-refractivity contribution in [1.29, 1.82) is 0 Å². The summed E-state index contributed by atoms with van der Waals surface area (Å²) >= 11 is 2.02. The molecule has 2 unspecified atom stereocenters. The molecule has 2 atom stereocenters. The molecule has 2 heterocycles. The van der Waals surface area contributed by atoms with E-state index in [9.17, 15) is 0 Å². The standard InChI is InChI=1S/C10H16N2OS/c11-12-10(9-2-4-14-7-9)5-8-1-3-13-6-8/h1,3,6,9-10,12H,2,4-5,7,11H2. The fourth-order valence-electron chi connectivity index (χ4n) is 1.89. The summed E-state index contributed by atoms with van der Waals surface area (Å²) in [6, 6.07) is 2.40. The second-order valence-corrected chi connectivity index (χ2v) is 4.88. The Balaban J connectivity index is 1.92. The highest BCUT2D eigenvalue weighted by Gasteiger charge is 2.24. The molecular weight excluding hydrogens is 196 g/mol. The maximum absolute atomic E-state index is 5.58. The lowest BCUT2D eigenvalue weighted by atomic mass is 9.95. The summed E-state index contributed by atoms with van der Waals surface area (Å²) in [5.41, 5.74) is 4.15. The molecular formula is C10H16N2OS. The minimum Gasteiger partial charge on any atom is -0.472 e. The van der Waals surface area contributed by atoms with Gasteiger partial charge in [0.1, 0.15) is 0 Å². The van der Waals surface area contributed by atoms with Crippen LogP contribution < -0.4 is 11.3 Å². The number of rotatable bonds is 4. The van der Waals surface area contributed by atoms with Crippen LogP contribution in [0.1, 0.15) is 12.0 Å². The fraction of sp³-hybridized carbons (Fsp3) is 0.600.